The fraction of sp³-hybridized carbons (Fsp3) is 0.200. The molecule has 0 unspecified atom stereocenters. The van der Waals surface area contributed by atoms with Gasteiger partial charge in [-0.3, -0.25) is 9.78 Å². The Bertz CT molecular complexity index is 557. The summed E-state index contributed by atoms with van der Waals surface area (Å²) in [7, 11) is 0. The van der Waals surface area contributed by atoms with Crippen LogP contribution in [0.3, 0.4) is 0 Å². The lowest BCUT2D eigenvalue weighted by Crippen LogP contribution is -2.33. The highest BCUT2D eigenvalue weighted by Crippen LogP contribution is 2.18. The second-order valence-electron chi connectivity index (χ2n) is 4.32. The Balaban J connectivity index is 2.27. The minimum absolute atomic E-state index is 0.168. The van der Waals surface area contributed by atoms with Crippen LogP contribution in [0.5, 0.6) is 0 Å². The van der Waals surface area contributed by atoms with E-state index in [0.717, 1.165) is 0 Å². The standard InChI is InChI=1S/C15H16FN3O/c16-13-4-6-14(7-5-13)19(10-2-8-17)15(20)12-3-1-9-18-11-12/h1,3-7,9,11H,2,8,10,17H2. The predicted molar refractivity (Wildman–Crippen MR) is 76.0 cm³/mol. The van der Waals surface area contributed by atoms with Crippen LogP contribution in [0.15, 0.2) is 48.8 Å². The van der Waals surface area contributed by atoms with E-state index in [1.807, 2.05) is 0 Å². The van der Waals surface area contributed by atoms with Gasteiger partial charge in [-0.15, -0.1) is 0 Å². The first-order chi connectivity index (χ1) is 9.72. The molecule has 2 rings (SSSR count). The van der Waals surface area contributed by atoms with Crippen LogP contribution in [0.25, 0.3) is 0 Å². The molecular weight excluding hydrogens is 257 g/mol. The van der Waals surface area contributed by atoms with Gasteiger partial charge in [-0.05, 0) is 49.4 Å². The Morgan fingerprint density at radius 1 is 1.25 bits per heavy atom. The van der Waals surface area contributed by atoms with E-state index in [0.29, 0.717) is 30.8 Å². The zero-order valence-corrected chi connectivity index (χ0v) is 11.0. The first-order valence-corrected chi connectivity index (χ1v) is 6.40. The third-order valence-corrected chi connectivity index (χ3v) is 2.88. The number of halogens is 1. The van der Waals surface area contributed by atoms with Gasteiger partial charge in [0.05, 0.1) is 5.56 Å². The van der Waals surface area contributed by atoms with E-state index >= 15 is 0 Å². The van der Waals surface area contributed by atoms with Gasteiger partial charge >= 0.3 is 0 Å². The molecule has 0 spiro atoms. The number of carbonyl (C=O) groups is 1. The molecule has 2 N–H and O–H groups in total. The van der Waals surface area contributed by atoms with E-state index in [-0.39, 0.29) is 11.7 Å². The van der Waals surface area contributed by atoms with Crippen LogP contribution in [0.1, 0.15) is 16.8 Å². The summed E-state index contributed by atoms with van der Waals surface area (Å²) in [5.41, 5.74) is 6.65. The molecule has 0 aliphatic rings. The summed E-state index contributed by atoms with van der Waals surface area (Å²) in [4.78, 5) is 18.0. The van der Waals surface area contributed by atoms with Crippen LogP contribution in [0.4, 0.5) is 10.1 Å². The molecule has 1 aromatic heterocycles. The van der Waals surface area contributed by atoms with Crippen molar-refractivity contribution in [3.8, 4) is 0 Å². The van der Waals surface area contributed by atoms with Crippen molar-refractivity contribution >= 4 is 11.6 Å². The molecular formula is C15H16FN3O. The van der Waals surface area contributed by atoms with Crippen molar-refractivity contribution in [3.05, 3.63) is 60.2 Å². The summed E-state index contributed by atoms with van der Waals surface area (Å²) in [5, 5.41) is 0. The van der Waals surface area contributed by atoms with Gasteiger partial charge in [0.25, 0.3) is 5.91 Å². The maximum atomic E-state index is 13.0. The number of aromatic nitrogens is 1. The molecule has 0 fully saturated rings. The van der Waals surface area contributed by atoms with Crippen molar-refractivity contribution in [1.82, 2.24) is 4.98 Å². The number of nitrogens with zero attached hydrogens (tertiary/aromatic N) is 2. The molecule has 2 aromatic rings. The highest BCUT2D eigenvalue weighted by Gasteiger charge is 2.17. The van der Waals surface area contributed by atoms with Crippen LogP contribution < -0.4 is 10.6 Å². The smallest absolute Gasteiger partial charge is 0.259 e. The zero-order valence-electron chi connectivity index (χ0n) is 11.0. The van der Waals surface area contributed by atoms with Gasteiger partial charge in [0.15, 0.2) is 0 Å². The fourth-order valence-electron chi connectivity index (χ4n) is 1.86. The summed E-state index contributed by atoms with van der Waals surface area (Å²) < 4.78 is 13.0. The fourth-order valence-corrected chi connectivity index (χ4v) is 1.86. The molecule has 1 aromatic carbocycles. The Morgan fingerprint density at radius 2 is 2.00 bits per heavy atom. The van der Waals surface area contributed by atoms with Crippen LogP contribution in [-0.2, 0) is 0 Å². The number of hydrogen-bond donors (Lipinski definition) is 1. The van der Waals surface area contributed by atoms with Gasteiger partial charge in [-0.25, -0.2) is 4.39 Å². The summed E-state index contributed by atoms with van der Waals surface area (Å²) in [6.45, 7) is 0.966. The number of nitrogens with two attached hydrogens (primary N) is 1. The second kappa shape index (κ2) is 6.77. The van der Waals surface area contributed by atoms with Crippen molar-refractivity contribution in [1.29, 1.82) is 0 Å². The van der Waals surface area contributed by atoms with Crippen LogP contribution in [0.2, 0.25) is 0 Å². The molecule has 0 aliphatic carbocycles. The molecule has 104 valence electrons. The van der Waals surface area contributed by atoms with Gasteiger partial charge in [0.2, 0.25) is 0 Å². The molecule has 0 bridgehead atoms. The number of pyridine rings is 1. The number of rotatable bonds is 5. The lowest BCUT2D eigenvalue weighted by atomic mass is 10.2. The zero-order chi connectivity index (χ0) is 14.4. The molecule has 0 aliphatic heterocycles. The van der Waals surface area contributed by atoms with Crippen molar-refractivity contribution < 1.29 is 9.18 Å². The number of carbonyl (C=O) groups excluding carboxylic acids is 1. The van der Waals surface area contributed by atoms with E-state index in [9.17, 15) is 9.18 Å². The summed E-state index contributed by atoms with van der Waals surface area (Å²) >= 11 is 0. The van der Waals surface area contributed by atoms with Crippen LogP contribution >= 0.6 is 0 Å². The topological polar surface area (TPSA) is 59.2 Å². The first kappa shape index (κ1) is 14.1. The Kier molecular flexibility index (Phi) is 4.79. The second-order valence-corrected chi connectivity index (χ2v) is 4.32. The normalized spacial score (nSPS) is 10.3. The SMILES string of the molecule is NCCCN(C(=O)c1cccnc1)c1ccc(F)cc1. The summed E-state index contributed by atoms with van der Waals surface area (Å²) in [5.74, 6) is -0.500. The average Bonchev–Trinajstić information content (AvgIpc) is 2.50. The first-order valence-electron chi connectivity index (χ1n) is 6.40. The van der Waals surface area contributed by atoms with E-state index in [2.05, 4.69) is 4.98 Å². The van der Waals surface area contributed by atoms with Crippen molar-refractivity contribution in [3.63, 3.8) is 0 Å². The van der Waals surface area contributed by atoms with E-state index in [1.165, 1.54) is 18.3 Å². The van der Waals surface area contributed by atoms with Gasteiger partial charge in [0, 0.05) is 24.6 Å². The highest BCUT2D eigenvalue weighted by molar-refractivity contribution is 6.05. The van der Waals surface area contributed by atoms with Crippen molar-refractivity contribution in [2.24, 2.45) is 5.73 Å². The number of benzene rings is 1. The van der Waals surface area contributed by atoms with E-state index < -0.39 is 0 Å². The molecule has 0 saturated heterocycles. The van der Waals surface area contributed by atoms with E-state index in [1.54, 1.807) is 35.4 Å². The third-order valence-electron chi connectivity index (χ3n) is 2.88. The van der Waals surface area contributed by atoms with Gasteiger partial charge < -0.3 is 10.6 Å². The van der Waals surface area contributed by atoms with Gasteiger partial charge in [0.1, 0.15) is 5.82 Å². The highest BCUT2D eigenvalue weighted by atomic mass is 19.1. The molecule has 0 saturated carbocycles. The molecule has 4 nitrogen and oxygen atoms in total. The Labute approximate surface area is 117 Å². The monoisotopic (exact) mass is 273 g/mol. The largest absolute Gasteiger partial charge is 0.330 e. The van der Waals surface area contributed by atoms with Crippen LogP contribution in [-0.4, -0.2) is 24.0 Å². The van der Waals surface area contributed by atoms with Crippen molar-refractivity contribution in [2.45, 2.75) is 6.42 Å². The molecule has 5 heteroatoms. The molecule has 1 amide bonds. The molecule has 0 atom stereocenters. The minimum atomic E-state index is -0.332. The molecule has 0 radical (unpaired) electrons. The summed E-state index contributed by atoms with van der Waals surface area (Å²) in [6.07, 6.45) is 3.80. The third kappa shape index (κ3) is 3.39. The molecule has 1 heterocycles. The quantitative estimate of drug-likeness (QED) is 0.908. The van der Waals surface area contributed by atoms with E-state index in [4.69, 9.17) is 5.73 Å². The maximum absolute atomic E-state index is 13.0. The Hall–Kier alpha value is -2.27. The number of amides is 1. The predicted octanol–water partition coefficient (Wildman–Crippen LogP) is 2.22. The Morgan fingerprint density at radius 3 is 2.60 bits per heavy atom. The van der Waals surface area contributed by atoms with Crippen molar-refractivity contribution in [2.75, 3.05) is 18.0 Å². The number of hydrogen-bond acceptors (Lipinski definition) is 3. The van der Waals surface area contributed by atoms with Crippen LogP contribution in [0, 0.1) is 5.82 Å². The number of anilines is 1. The van der Waals surface area contributed by atoms with Gasteiger partial charge in [-0.2, -0.15) is 0 Å². The lowest BCUT2D eigenvalue weighted by Gasteiger charge is -2.22. The summed E-state index contributed by atoms with van der Waals surface area (Å²) in [6, 6.07) is 9.25. The average molecular weight is 273 g/mol. The van der Waals surface area contributed by atoms with Gasteiger partial charge in [-0.1, -0.05) is 0 Å². The minimum Gasteiger partial charge on any atom is -0.330 e. The lowest BCUT2D eigenvalue weighted by molar-refractivity contribution is 0.0986. The molecule has 20 heavy (non-hydrogen) atoms. The maximum Gasteiger partial charge on any atom is 0.259 e.